The third-order valence-corrected chi connectivity index (χ3v) is 3.19. The minimum Gasteiger partial charge on any atom is -0.449 e. The lowest BCUT2D eigenvalue weighted by atomic mass is 10.1. The first-order chi connectivity index (χ1) is 10.2. The molecule has 0 radical (unpaired) electrons. The van der Waals surface area contributed by atoms with Crippen LogP contribution in [-0.2, 0) is 6.18 Å². The molecular weight excluding hydrogens is 367 g/mol. The average molecular weight is 374 g/mol. The number of nitrogens with one attached hydrogen (secondary N) is 1. The number of hydrogen-bond acceptors (Lipinski definition) is 4. The summed E-state index contributed by atoms with van der Waals surface area (Å²) in [5, 5.41) is 8.99. The predicted molar refractivity (Wildman–Crippen MR) is 73.5 cm³/mol. The van der Waals surface area contributed by atoms with Crippen LogP contribution < -0.4 is 10.3 Å². The van der Waals surface area contributed by atoms with E-state index >= 15 is 0 Å². The Kier molecular flexibility index (Phi) is 4.23. The summed E-state index contributed by atoms with van der Waals surface area (Å²) in [7, 11) is 0. The Morgan fingerprint density at radius 3 is 2.68 bits per heavy atom. The summed E-state index contributed by atoms with van der Waals surface area (Å²) in [4.78, 5) is 16.8. The highest BCUT2D eigenvalue weighted by molar-refractivity contribution is 9.10. The van der Waals surface area contributed by atoms with Crippen LogP contribution in [0.3, 0.4) is 0 Å². The number of H-pyrrole nitrogens is 1. The van der Waals surface area contributed by atoms with Gasteiger partial charge in [-0.15, -0.1) is 0 Å². The number of aromatic nitrogens is 2. The molecule has 1 heterocycles. The van der Waals surface area contributed by atoms with Gasteiger partial charge < -0.3 is 9.72 Å². The smallest absolute Gasteiger partial charge is 0.437 e. The van der Waals surface area contributed by atoms with Crippen molar-refractivity contribution < 1.29 is 17.9 Å². The van der Waals surface area contributed by atoms with E-state index in [2.05, 4.69) is 20.9 Å². The highest BCUT2D eigenvalue weighted by Gasteiger charge is 2.38. The van der Waals surface area contributed by atoms with Gasteiger partial charge in [-0.3, -0.25) is 4.79 Å². The second kappa shape index (κ2) is 5.81. The second-order valence-electron chi connectivity index (χ2n) is 4.20. The first-order valence-corrected chi connectivity index (χ1v) is 6.56. The number of nitriles is 1. The van der Waals surface area contributed by atoms with Gasteiger partial charge in [0.25, 0.3) is 5.56 Å². The molecule has 0 unspecified atom stereocenters. The summed E-state index contributed by atoms with van der Waals surface area (Å²) in [5.74, 6) is -1.02. The van der Waals surface area contributed by atoms with Gasteiger partial charge in [-0.2, -0.15) is 18.4 Å². The van der Waals surface area contributed by atoms with Crippen molar-refractivity contribution in [1.82, 2.24) is 9.97 Å². The van der Waals surface area contributed by atoms with Crippen molar-refractivity contribution in [2.45, 2.75) is 13.1 Å². The van der Waals surface area contributed by atoms with Gasteiger partial charge in [-0.1, -0.05) is 15.9 Å². The summed E-state index contributed by atoms with van der Waals surface area (Å²) in [6.07, 6.45) is -4.20. The van der Waals surface area contributed by atoms with E-state index < -0.39 is 23.2 Å². The maximum absolute atomic E-state index is 12.9. The van der Waals surface area contributed by atoms with Crippen LogP contribution in [0, 0.1) is 18.3 Å². The van der Waals surface area contributed by atoms with Crippen LogP contribution in [0.5, 0.6) is 11.5 Å². The molecule has 1 aromatic carbocycles. The maximum Gasteiger partial charge on any atom is 0.437 e. The van der Waals surface area contributed by atoms with Crippen LogP contribution in [0.25, 0.3) is 0 Å². The Hall–Kier alpha value is -2.34. The van der Waals surface area contributed by atoms with E-state index in [0.717, 1.165) is 0 Å². The molecule has 1 N–H and O–H groups in total. The van der Waals surface area contributed by atoms with Crippen LogP contribution in [-0.4, -0.2) is 9.97 Å². The fourth-order valence-corrected chi connectivity index (χ4v) is 2.11. The van der Waals surface area contributed by atoms with Gasteiger partial charge in [-0.25, -0.2) is 4.98 Å². The van der Waals surface area contributed by atoms with Crippen LogP contribution in [0.1, 0.15) is 16.8 Å². The summed E-state index contributed by atoms with van der Waals surface area (Å²) in [6, 6.07) is 4.74. The predicted octanol–water partition coefficient (Wildman–Crippen LogP) is 3.52. The molecule has 114 valence electrons. The molecule has 1 aromatic heterocycles. The molecule has 9 heteroatoms. The molecule has 0 saturated heterocycles. The quantitative estimate of drug-likeness (QED) is 0.873. The SMILES string of the molecule is Cc1c(C#N)cc(Br)cc1Oc1c(C(F)(F)F)nc[nH]c1=O. The Bertz CT molecular complexity index is 825. The minimum absolute atomic E-state index is 0.0464. The Morgan fingerprint density at radius 2 is 2.09 bits per heavy atom. The fourth-order valence-electron chi connectivity index (χ4n) is 1.67. The molecule has 0 aliphatic heterocycles. The zero-order valence-electron chi connectivity index (χ0n) is 11.0. The molecule has 0 fully saturated rings. The molecule has 0 aliphatic rings. The summed E-state index contributed by atoms with van der Waals surface area (Å²) in [6.45, 7) is 1.50. The maximum atomic E-state index is 12.9. The van der Waals surface area contributed by atoms with Crippen molar-refractivity contribution in [2.24, 2.45) is 0 Å². The molecule has 0 saturated carbocycles. The monoisotopic (exact) mass is 373 g/mol. The van der Waals surface area contributed by atoms with E-state index in [-0.39, 0.29) is 11.3 Å². The largest absolute Gasteiger partial charge is 0.449 e. The van der Waals surface area contributed by atoms with Crippen LogP contribution in [0.2, 0.25) is 0 Å². The van der Waals surface area contributed by atoms with Gasteiger partial charge in [0.2, 0.25) is 5.75 Å². The topological polar surface area (TPSA) is 78.8 Å². The zero-order chi connectivity index (χ0) is 16.5. The molecule has 5 nitrogen and oxygen atoms in total. The number of aromatic amines is 1. The van der Waals surface area contributed by atoms with Gasteiger partial charge in [0.15, 0.2) is 5.69 Å². The minimum atomic E-state index is -4.85. The summed E-state index contributed by atoms with van der Waals surface area (Å²) in [5.41, 5.74) is -1.99. The molecule has 2 rings (SSSR count). The highest BCUT2D eigenvalue weighted by Crippen LogP contribution is 2.36. The van der Waals surface area contributed by atoms with E-state index in [9.17, 15) is 18.0 Å². The van der Waals surface area contributed by atoms with Crippen LogP contribution in [0.15, 0.2) is 27.7 Å². The van der Waals surface area contributed by atoms with Crippen molar-refractivity contribution in [2.75, 3.05) is 0 Å². The van der Waals surface area contributed by atoms with Crippen molar-refractivity contribution in [3.05, 3.63) is 50.1 Å². The average Bonchev–Trinajstić information content (AvgIpc) is 2.43. The number of benzene rings is 1. The van der Waals surface area contributed by atoms with E-state index in [1.54, 1.807) is 0 Å². The number of alkyl halides is 3. The van der Waals surface area contributed by atoms with Gasteiger partial charge in [-0.05, 0) is 19.1 Å². The Morgan fingerprint density at radius 1 is 1.41 bits per heavy atom. The first-order valence-electron chi connectivity index (χ1n) is 5.77. The van der Waals surface area contributed by atoms with Crippen molar-refractivity contribution in [3.8, 4) is 17.6 Å². The second-order valence-corrected chi connectivity index (χ2v) is 5.11. The van der Waals surface area contributed by atoms with E-state index in [1.165, 1.54) is 19.1 Å². The third-order valence-electron chi connectivity index (χ3n) is 2.74. The number of halogens is 4. The molecule has 0 spiro atoms. The van der Waals surface area contributed by atoms with Gasteiger partial charge >= 0.3 is 6.18 Å². The molecule has 0 atom stereocenters. The molecule has 0 amide bonds. The van der Waals surface area contributed by atoms with Crippen molar-refractivity contribution in [3.63, 3.8) is 0 Å². The lowest BCUT2D eigenvalue weighted by Crippen LogP contribution is -2.19. The highest BCUT2D eigenvalue weighted by atomic mass is 79.9. The lowest BCUT2D eigenvalue weighted by Gasteiger charge is -2.13. The molecule has 22 heavy (non-hydrogen) atoms. The van der Waals surface area contributed by atoms with Gasteiger partial charge in [0.1, 0.15) is 5.75 Å². The zero-order valence-corrected chi connectivity index (χ0v) is 12.5. The van der Waals surface area contributed by atoms with E-state index in [1.807, 2.05) is 11.1 Å². The Labute approximate surface area is 130 Å². The molecule has 0 bridgehead atoms. The van der Waals surface area contributed by atoms with Gasteiger partial charge in [0.05, 0.1) is 18.0 Å². The number of rotatable bonds is 2. The Balaban J connectivity index is 2.61. The summed E-state index contributed by atoms with van der Waals surface area (Å²) >= 11 is 3.12. The molecule has 0 aliphatic carbocycles. The normalized spacial score (nSPS) is 11.1. The van der Waals surface area contributed by atoms with Crippen LogP contribution >= 0.6 is 15.9 Å². The molecule has 2 aromatic rings. The van der Waals surface area contributed by atoms with Crippen molar-refractivity contribution in [1.29, 1.82) is 5.26 Å². The van der Waals surface area contributed by atoms with E-state index in [0.29, 0.717) is 16.4 Å². The first kappa shape index (κ1) is 16.0. The number of ether oxygens (including phenoxy) is 1. The van der Waals surface area contributed by atoms with Crippen LogP contribution in [0.4, 0.5) is 13.2 Å². The summed E-state index contributed by atoms with van der Waals surface area (Å²) < 4.78 is 44.2. The van der Waals surface area contributed by atoms with Crippen molar-refractivity contribution >= 4 is 15.9 Å². The lowest BCUT2D eigenvalue weighted by molar-refractivity contribution is -0.142. The number of nitrogens with zero attached hydrogens (tertiary/aromatic N) is 2. The fraction of sp³-hybridized carbons (Fsp3) is 0.154. The van der Waals surface area contributed by atoms with Gasteiger partial charge in [0, 0.05) is 10.0 Å². The molecular formula is C13H7BrF3N3O2. The van der Waals surface area contributed by atoms with E-state index in [4.69, 9.17) is 10.00 Å². The standard InChI is InChI=1S/C13H7BrF3N3O2/c1-6-7(4-18)2-8(14)3-9(6)22-10-11(13(15,16)17)19-5-20-12(10)21/h2-3,5H,1H3,(H,19,20,21). The third kappa shape index (κ3) is 3.12. The number of hydrogen-bond donors (Lipinski definition) is 1.